The Morgan fingerprint density at radius 3 is 1.90 bits per heavy atom. The Hall–Kier alpha value is -2.50. The molecule has 3 amide bonds. The number of anilines is 1. The zero-order valence-electron chi connectivity index (χ0n) is 17.4. The van der Waals surface area contributed by atoms with E-state index in [2.05, 4.69) is 5.32 Å². The van der Waals surface area contributed by atoms with Gasteiger partial charge in [-0.2, -0.15) is 0 Å². The highest BCUT2D eigenvalue weighted by Gasteiger charge is 2.27. The van der Waals surface area contributed by atoms with Gasteiger partial charge in [-0.1, -0.05) is 38.5 Å². The molecule has 0 bridgehead atoms. The van der Waals surface area contributed by atoms with Crippen molar-refractivity contribution in [3.05, 3.63) is 29.8 Å². The predicted molar refractivity (Wildman–Crippen MR) is 113 cm³/mol. The highest BCUT2D eigenvalue weighted by molar-refractivity contribution is 6.01. The molecule has 1 aliphatic heterocycles. The molecule has 0 unspecified atom stereocenters. The monoisotopic (exact) mass is 400 g/mol. The molecule has 0 spiro atoms. The number of ketones is 1. The summed E-state index contributed by atoms with van der Waals surface area (Å²) in [6, 6.07) is 6.95. The first-order chi connectivity index (χ1) is 14.0. The lowest BCUT2D eigenvalue weighted by Crippen LogP contribution is -2.29. The number of imide groups is 1. The predicted octanol–water partition coefficient (Wildman–Crippen LogP) is 4.49. The van der Waals surface area contributed by atoms with E-state index in [1.165, 1.54) is 11.8 Å². The van der Waals surface area contributed by atoms with E-state index < -0.39 is 0 Å². The quantitative estimate of drug-likeness (QED) is 0.300. The summed E-state index contributed by atoms with van der Waals surface area (Å²) < 4.78 is 0. The molecule has 1 aromatic carbocycles. The summed E-state index contributed by atoms with van der Waals surface area (Å²) >= 11 is 0. The summed E-state index contributed by atoms with van der Waals surface area (Å²) in [5.41, 5.74) is 1.36. The summed E-state index contributed by atoms with van der Waals surface area (Å²) in [6.45, 7) is 2.09. The molecule has 1 aromatic rings. The van der Waals surface area contributed by atoms with Crippen molar-refractivity contribution in [2.24, 2.45) is 0 Å². The van der Waals surface area contributed by atoms with Crippen LogP contribution in [0, 0.1) is 0 Å². The topological polar surface area (TPSA) is 83.6 Å². The van der Waals surface area contributed by atoms with Gasteiger partial charge in [-0.15, -0.1) is 0 Å². The fourth-order valence-electron chi connectivity index (χ4n) is 3.50. The van der Waals surface area contributed by atoms with E-state index in [0.717, 1.165) is 57.1 Å². The van der Waals surface area contributed by atoms with Gasteiger partial charge < -0.3 is 5.32 Å². The zero-order valence-corrected chi connectivity index (χ0v) is 17.4. The van der Waals surface area contributed by atoms with Gasteiger partial charge in [0.1, 0.15) is 0 Å². The fourth-order valence-corrected chi connectivity index (χ4v) is 3.50. The van der Waals surface area contributed by atoms with Crippen molar-refractivity contribution in [2.75, 3.05) is 11.9 Å². The van der Waals surface area contributed by atoms with E-state index in [0.29, 0.717) is 31.4 Å². The normalized spacial score (nSPS) is 13.8. The third-order valence-corrected chi connectivity index (χ3v) is 5.27. The molecule has 6 nitrogen and oxygen atoms in total. The molecule has 29 heavy (non-hydrogen) atoms. The van der Waals surface area contributed by atoms with Gasteiger partial charge in [0.15, 0.2) is 5.78 Å². The van der Waals surface area contributed by atoms with Crippen LogP contribution in [-0.4, -0.2) is 34.9 Å². The van der Waals surface area contributed by atoms with Gasteiger partial charge in [0, 0.05) is 37.1 Å². The van der Waals surface area contributed by atoms with Crippen LogP contribution in [0.4, 0.5) is 5.69 Å². The van der Waals surface area contributed by atoms with Crippen molar-refractivity contribution in [3.63, 3.8) is 0 Å². The maximum Gasteiger partial charge on any atom is 0.229 e. The average molecular weight is 401 g/mol. The molecule has 158 valence electrons. The second-order valence-corrected chi connectivity index (χ2v) is 7.70. The van der Waals surface area contributed by atoms with Crippen molar-refractivity contribution >= 4 is 29.2 Å². The molecule has 0 aliphatic carbocycles. The maximum atomic E-state index is 12.0. The summed E-state index contributed by atoms with van der Waals surface area (Å²) in [6.07, 6.45) is 9.64. The minimum absolute atomic E-state index is 0.00609. The molecule has 1 fully saturated rings. The number of amides is 3. The molecule has 1 aliphatic rings. The summed E-state index contributed by atoms with van der Waals surface area (Å²) in [5, 5.41) is 2.86. The van der Waals surface area contributed by atoms with Crippen molar-refractivity contribution in [1.82, 2.24) is 4.90 Å². The number of benzene rings is 1. The summed E-state index contributed by atoms with van der Waals surface area (Å²) in [5.74, 6) is -0.0227. The van der Waals surface area contributed by atoms with Crippen molar-refractivity contribution < 1.29 is 19.2 Å². The van der Waals surface area contributed by atoms with Gasteiger partial charge in [-0.05, 0) is 44.0 Å². The number of rotatable bonds is 13. The van der Waals surface area contributed by atoms with Crippen LogP contribution in [0.25, 0.3) is 0 Å². The molecular formula is C23H32N2O4. The van der Waals surface area contributed by atoms with Gasteiger partial charge >= 0.3 is 0 Å². The number of hydrogen-bond donors (Lipinski definition) is 1. The van der Waals surface area contributed by atoms with E-state index in [9.17, 15) is 19.2 Å². The number of nitrogens with zero attached hydrogens (tertiary/aromatic N) is 1. The second kappa shape index (κ2) is 12.1. The summed E-state index contributed by atoms with van der Waals surface area (Å²) in [4.78, 5) is 47.6. The Bertz CT molecular complexity index is 696. The lowest BCUT2D eigenvalue weighted by molar-refractivity contribution is -0.138. The van der Waals surface area contributed by atoms with Crippen LogP contribution >= 0.6 is 0 Å². The van der Waals surface area contributed by atoms with Crippen LogP contribution in [0.1, 0.15) is 87.9 Å². The number of nitrogens with one attached hydrogen (secondary N) is 1. The van der Waals surface area contributed by atoms with Crippen molar-refractivity contribution in [3.8, 4) is 0 Å². The van der Waals surface area contributed by atoms with Gasteiger partial charge in [-0.25, -0.2) is 0 Å². The molecular weight excluding hydrogens is 368 g/mol. The molecule has 1 heterocycles. The minimum atomic E-state index is -0.0212. The molecule has 2 rings (SSSR count). The van der Waals surface area contributed by atoms with Crippen LogP contribution in [0.5, 0.6) is 0 Å². The Morgan fingerprint density at radius 2 is 1.34 bits per heavy atom. The van der Waals surface area contributed by atoms with Crippen LogP contribution in [0.3, 0.4) is 0 Å². The number of unbranched alkanes of at least 4 members (excludes halogenated alkanes) is 7. The number of carbonyl (C=O) groups is 4. The first kappa shape index (κ1) is 22.8. The van der Waals surface area contributed by atoms with Gasteiger partial charge in [0.2, 0.25) is 17.7 Å². The number of hydrogen-bond acceptors (Lipinski definition) is 4. The van der Waals surface area contributed by atoms with Crippen LogP contribution in [0.15, 0.2) is 24.3 Å². The number of likely N-dealkylation sites (tertiary alicyclic amines) is 1. The highest BCUT2D eigenvalue weighted by atomic mass is 16.2. The Kier molecular flexibility index (Phi) is 9.54. The molecule has 0 radical (unpaired) electrons. The fraction of sp³-hybridized carbons (Fsp3) is 0.565. The van der Waals surface area contributed by atoms with Gasteiger partial charge in [0.05, 0.1) is 0 Å². The van der Waals surface area contributed by atoms with E-state index in [4.69, 9.17) is 0 Å². The lowest BCUT2D eigenvalue weighted by atomic mass is 10.1. The van der Waals surface area contributed by atoms with E-state index >= 15 is 0 Å². The molecule has 1 N–H and O–H groups in total. The zero-order chi connectivity index (χ0) is 21.1. The first-order valence-corrected chi connectivity index (χ1v) is 10.7. The Morgan fingerprint density at radius 1 is 0.828 bits per heavy atom. The lowest BCUT2D eigenvalue weighted by Gasteiger charge is -2.13. The third-order valence-electron chi connectivity index (χ3n) is 5.27. The standard InChI is InChI=1S/C23H32N2O4/c1-18(26)19-11-13-20(14-12-19)24-21(27)10-8-6-4-2-3-5-7-9-17-25-22(28)15-16-23(25)29/h11-14H,2-10,15-17H2,1H3,(H,24,27). The summed E-state index contributed by atoms with van der Waals surface area (Å²) in [7, 11) is 0. The van der Waals surface area contributed by atoms with Gasteiger partial charge in [-0.3, -0.25) is 24.1 Å². The third kappa shape index (κ3) is 8.18. The minimum Gasteiger partial charge on any atom is -0.326 e. The van der Waals surface area contributed by atoms with Crippen LogP contribution in [0.2, 0.25) is 0 Å². The molecule has 6 heteroatoms. The second-order valence-electron chi connectivity index (χ2n) is 7.70. The van der Waals surface area contributed by atoms with Gasteiger partial charge in [0.25, 0.3) is 0 Å². The number of Topliss-reactive ketones (excluding diaryl/α,β-unsaturated/α-hetero) is 1. The van der Waals surface area contributed by atoms with Crippen LogP contribution in [-0.2, 0) is 14.4 Å². The maximum absolute atomic E-state index is 12.0. The van der Waals surface area contributed by atoms with E-state index in [1.54, 1.807) is 24.3 Å². The molecule has 0 saturated carbocycles. The average Bonchev–Trinajstić information content (AvgIpc) is 3.01. The van der Waals surface area contributed by atoms with E-state index in [-0.39, 0.29) is 23.5 Å². The SMILES string of the molecule is CC(=O)c1ccc(NC(=O)CCCCCCCCCCN2C(=O)CCC2=O)cc1. The molecule has 0 atom stereocenters. The Balaban J connectivity index is 1.43. The van der Waals surface area contributed by atoms with Crippen molar-refractivity contribution in [2.45, 2.75) is 77.6 Å². The Labute approximate surface area is 173 Å². The first-order valence-electron chi connectivity index (χ1n) is 10.7. The van der Waals surface area contributed by atoms with E-state index in [1.807, 2.05) is 0 Å². The number of carbonyl (C=O) groups excluding carboxylic acids is 4. The van der Waals surface area contributed by atoms with Crippen LogP contribution < -0.4 is 5.32 Å². The molecule has 0 aromatic heterocycles. The largest absolute Gasteiger partial charge is 0.326 e. The smallest absolute Gasteiger partial charge is 0.229 e. The molecule has 1 saturated heterocycles. The van der Waals surface area contributed by atoms with Crippen molar-refractivity contribution in [1.29, 1.82) is 0 Å². The highest BCUT2D eigenvalue weighted by Crippen LogP contribution is 2.15.